The first-order valence-corrected chi connectivity index (χ1v) is 10.5. The molecule has 0 spiro atoms. The molecule has 1 aromatic carbocycles. The lowest BCUT2D eigenvalue weighted by Gasteiger charge is -2.33. The van der Waals surface area contributed by atoms with Crippen molar-refractivity contribution in [3.8, 4) is 17.1 Å². The number of aromatic nitrogens is 2. The fourth-order valence-corrected chi connectivity index (χ4v) is 4.56. The maximum atomic E-state index is 13.2. The van der Waals surface area contributed by atoms with Gasteiger partial charge in [0, 0.05) is 19.4 Å². The van der Waals surface area contributed by atoms with Crippen molar-refractivity contribution in [2.24, 2.45) is 17.8 Å². The molecular weight excluding hydrogens is 376 g/mol. The van der Waals surface area contributed by atoms with Gasteiger partial charge in [-0.1, -0.05) is 5.16 Å². The zero-order valence-corrected chi connectivity index (χ0v) is 17.1. The van der Waals surface area contributed by atoms with E-state index < -0.39 is 5.92 Å². The molecule has 1 aliphatic carbocycles. The van der Waals surface area contributed by atoms with Crippen LogP contribution in [-0.4, -0.2) is 47.2 Å². The summed E-state index contributed by atoms with van der Waals surface area (Å²) in [4.78, 5) is 6.13. The molecule has 0 unspecified atom stereocenters. The molecule has 1 saturated carbocycles. The van der Waals surface area contributed by atoms with Crippen LogP contribution in [0.4, 0.5) is 8.78 Å². The molecular formula is C22H29F2N3O2. The monoisotopic (exact) mass is 405 g/mol. The van der Waals surface area contributed by atoms with Gasteiger partial charge in [0.05, 0.1) is 13.2 Å². The van der Waals surface area contributed by atoms with Crippen LogP contribution < -0.4 is 4.74 Å². The zero-order chi connectivity index (χ0) is 20.4. The van der Waals surface area contributed by atoms with E-state index in [4.69, 9.17) is 9.26 Å². The number of hydrogen-bond acceptors (Lipinski definition) is 5. The van der Waals surface area contributed by atoms with Crippen LogP contribution in [0.1, 0.15) is 38.5 Å². The van der Waals surface area contributed by atoms with E-state index in [9.17, 15) is 8.78 Å². The fraction of sp³-hybridized carbons (Fsp3) is 0.636. The van der Waals surface area contributed by atoms with Crippen molar-refractivity contribution in [2.75, 3.05) is 26.2 Å². The molecule has 158 valence electrons. The number of aryl methyl sites for hydroxylation is 1. The second-order valence-electron chi connectivity index (χ2n) is 8.64. The largest absolute Gasteiger partial charge is 0.494 e. The minimum atomic E-state index is -2.59. The molecule has 0 bridgehead atoms. The highest BCUT2D eigenvalue weighted by Gasteiger charge is 2.43. The van der Waals surface area contributed by atoms with Gasteiger partial charge in [-0.3, -0.25) is 4.90 Å². The Hall–Kier alpha value is -2.02. The molecule has 2 aromatic rings. The third-order valence-electron chi connectivity index (χ3n) is 6.11. The number of alkyl halides is 2. The van der Waals surface area contributed by atoms with E-state index in [1.165, 1.54) is 6.42 Å². The Kier molecular flexibility index (Phi) is 5.86. The minimum Gasteiger partial charge on any atom is -0.494 e. The highest BCUT2D eigenvalue weighted by molar-refractivity contribution is 5.55. The van der Waals surface area contributed by atoms with E-state index in [1.807, 2.05) is 29.2 Å². The number of halogens is 2. The number of rotatable bonds is 8. The van der Waals surface area contributed by atoms with E-state index in [0.717, 1.165) is 62.4 Å². The van der Waals surface area contributed by atoms with E-state index in [1.54, 1.807) is 6.92 Å². The van der Waals surface area contributed by atoms with Crippen LogP contribution in [0, 0.1) is 24.7 Å². The number of piperidine rings is 1. The second kappa shape index (κ2) is 8.38. The van der Waals surface area contributed by atoms with Crippen molar-refractivity contribution >= 4 is 0 Å². The molecule has 1 saturated heterocycles. The SMILES string of the molecule is Cc1nc(-c2ccc(OCC[C@@H]3C[C@@H]3C3CCN(CC(C)(F)F)CC3)cc2)no1. The Balaban J connectivity index is 1.15. The highest BCUT2D eigenvalue weighted by atomic mass is 19.3. The van der Waals surface area contributed by atoms with Gasteiger partial charge in [-0.05, 0) is 80.8 Å². The van der Waals surface area contributed by atoms with Gasteiger partial charge >= 0.3 is 0 Å². The van der Waals surface area contributed by atoms with Crippen molar-refractivity contribution in [2.45, 2.75) is 45.5 Å². The second-order valence-corrected chi connectivity index (χ2v) is 8.64. The Morgan fingerprint density at radius 3 is 2.55 bits per heavy atom. The zero-order valence-electron chi connectivity index (χ0n) is 17.1. The molecule has 5 nitrogen and oxygen atoms in total. The van der Waals surface area contributed by atoms with Crippen molar-refractivity contribution in [1.82, 2.24) is 15.0 Å². The van der Waals surface area contributed by atoms with Crippen LogP contribution >= 0.6 is 0 Å². The molecule has 4 rings (SSSR count). The van der Waals surface area contributed by atoms with Crippen molar-refractivity contribution in [3.63, 3.8) is 0 Å². The molecule has 1 aromatic heterocycles. The molecule has 0 N–H and O–H groups in total. The predicted octanol–water partition coefficient (Wildman–Crippen LogP) is 4.82. The van der Waals surface area contributed by atoms with E-state index in [0.29, 0.717) is 24.2 Å². The Morgan fingerprint density at radius 2 is 1.93 bits per heavy atom. The molecule has 2 atom stereocenters. The first kappa shape index (κ1) is 20.3. The van der Waals surface area contributed by atoms with E-state index in [-0.39, 0.29) is 6.54 Å². The number of benzene rings is 1. The van der Waals surface area contributed by atoms with Gasteiger partial charge in [0.25, 0.3) is 5.92 Å². The summed E-state index contributed by atoms with van der Waals surface area (Å²) in [6, 6.07) is 7.75. The summed E-state index contributed by atoms with van der Waals surface area (Å²) in [6.07, 6.45) is 4.42. The molecule has 0 radical (unpaired) electrons. The predicted molar refractivity (Wildman–Crippen MR) is 106 cm³/mol. The summed E-state index contributed by atoms with van der Waals surface area (Å²) in [7, 11) is 0. The summed E-state index contributed by atoms with van der Waals surface area (Å²) >= 11 is 0. The normalized spacial score (nSPS) is 23.3. The van der Waals surface area contributed by atoms with Gasteiger partial charge in [0.15, 0.2) is 0 Å². The van der Waals surface area contributed by atoms with E-state index in [2.05, 4.69) is 10.1 Å². The Labute approximate surface area is 170 Å². The van der Waals surface area contributed by atoms with Gasteiger partial charge in [0.2, 0.25) is 11.7 Å². The summed E-state index contributed by atoms with van der Waals surface area (Å²) in [5.41, 5.74) is 0.906. The smallest absolute Gasteiger partial charge is 0.257 e. The van der Waals surface area contributed by atoms with Crippen LogP contribution in [0.25, 0.3) is 11.4 Å². The number of hydrogen-bond donors (Lipinski definition) is 0. The fourth-order valence-electron chi connectivity index (χ4n) is 4.56. The van der Waals surface area contributed by atoms with Crippen molar-refractivity contribution in [3.05, 3.63) is 30.2 Å². The van der Waals surface area contributed by atoms with E-state index >= 15 is 0 Å². The van der Waals surface area contributed by atoms with Crippen LogP contribution in [0.5, 0.6) is 5.75 Å². The average Bonchev–Trinajstić information content (AvgIpc) is 3.32. The molecule has 0 amide bonds. The third kappa shape index (κ3) is 5.53. The third-order valence-corrected chi connectivity index (χ3v) is 6.11. The van der Waals surface area contributed by atoms with Crippen LogP contribution in [0.2, 0.25) is 0 Å². The Morgan fingerprint density at radius 1 is 1.21 bits per heavy atom. The van der Waals surface area contributed by atoms with Gasteiger partial charge in [-0.2, -0.15) is 4.98 Å². The lowest BCUT2D eigenvalue weighted by atomic mass is 9.90. The van der Waals surface area contributed by atoms with Crippen LogP contribution in [0.3, 0.4) is 0 Å². The highest BCUT2D eigenvalue weighted by Crippen LogP contribution is 2.49. The van der Waals surface area contributed by atoms with Crippen molar-refractivity contribution in [1.29, 1.82) is 0 Å². The first-order valence-electron chi connectivity index (χ1n) is 10.5. The maximum absolute atomic E-state index is 13.2. The minimum absolute atomic E-state index is 0.104. The number of ether oxygens (including phenoxy) is 1. The van der Waals surface area contributed by atoms with Crippen LogP contribution in [0.15, 0.2) is 28.8 Å². The van der Waals surface area contributed by atoms with Gasteiger partial charge < -0.3 is 9.26 Å². The van der Waals surface area contributed by atoms with Gasteiger partial charge in [-0.25, -0.2) is 8.78 Å². The van der Waals surface area contributed by atoms with Gasteiger partial charge in [0.1, 0.15) is 5.75 Å². The van der Waals surface area contributed by atoms with Crippen LogP contribution in [-0.2, 0) is 0 Å². The number of likely N-dealkylation sites (tertiary alicyclic amines) is 1. The summed E-state index contributed by atoms with van der Waals surface area (Å²) < 4.78 is 37.2. The summed E-state index contributed by atoms with van der Waals surface area (Å²) in [6.45, 7) is 5.00. The average molecular weight is 405 g/mol. The Bertz CT molecular complexity index is 795. The molecule has 2 heterocycles. The topological polar surface area (TPSA) is 51.4 Å². The molecule has 1 aliphatic heterocycles. The standard InChI is InChI=1S/C22H29F2N3O2/c1-15-25-21(26-29-15)17-3-5-19(6-4-17)28-12-9-18-13-20(18)16-7-10-27(11-8-16)14-22(2,23)24/h3-6,16,18,20H,7-14H2,1-2H3/t18-,20-/m1/s1. The molecule has 29 heavy (non-hydrogen) atoms. The first-order chi connectivity index (χ1) is 13.9. The van der Waals surface area contributed by atoms with Gasteiger partial charge in [-0.15, -0.1) is 0 Å². The lowest BCUT2D eigenvalue weighted by molar-refractivity contribution is -0.0232. The van der Waals surface area contributed by atoms with Crippen molar-refractivity contribution < 1.29 is 18.0 Å². The quantitative estimate of drug-likeness (QED) is 0.630. The maximum Gasteiger partial charge on any atom is 0.257 e. The lowest BCUT2D eigenvalue weighted by Crippen LogP contribution is -2.41. The summed E-state index contributed by atoms with van der Waals surface area (Å²) in [5, 5.41) is 3.92. The molecule has 2 fully saturated rings. The number of nitrogens with zero attached hydrogens (tertiary/aromatic N) is 3. The molecule has 2 aliphatic rings. The molecule has 7 heteroatoms. The summed E-state index contributed by atoms with van der Waals surface area (Å²) in [5.74, 6) is 1.57.